The third-order valence-electron chi connectivity index (χ3n) is 12.0. The molecule has 4 aliphatic rings. The summed E-state index contributed by atoms with van der Waals surface area (Å²) in [6.45, 7) is 14.6. The van der Waals surface area contributed by atoms with Gasteiger partial charge in [-0.25, -0.2) is 22.8 Å². The fraction of sp³-hybridized carbons (Fsp3) is 0.650. The minimum atomic E-state index is -2.42. The van der Waals surface area contributed by atoms with Gasteiger partial charge in [-0.3, -0.25) is 33.2 Å². The normalized spacial score (nSPS) is 37.2. The second-order valence-corrected chi connectivity index (χ2v) is 16.3. The Bertz CT molecular complexity index is 2230. The Morgan fingerprint density at radius 1 is 0.762 bits per heavy atom. The predicted octanol–water partition coefficient (Wildman–Crippen LogP) is 2.62. The molecule has 0 spiro atoms. The van der Waals surface area contributed by atoms with Gasteiger partial charge in [0.2, 0.25) is 23.5 Å². The van der Waals surface area contributed by atoms with Crippen molar-refractivity contribution in [3.05, 3.63) is 57.8 Å². The number of aliphatic hydroxyl groups is 2. The summed E-state index contributed by atoms with van der Waals surface area (Å²) in [4.78, 5) is 78.2. The Hall–Kier alpha value is -5.23. The molecule has 2 aromatic heterocycles. The van der Waals surface area contributed by atoms with Crippen LogP contribution in [-0.4, -0.2) is 105 Å². The number of ether oxygens (including phenoxy) is 5. The number of nitrogen functional groups attached to an aromatic ring is 2. The zero-order chi connectivity index (χ0) is 47.8. The molecule has 6 heterocycles. The van der Waals surface area contributed by atoms with E-state index >= 15 is 0 Å². The summed E-state index contributed by atoms with van der Waals surface area (Å²) in [5.74, 6) is -9.99. The first-order valence-electron chi connectivity index (χ1n) is 20.1. The first-order chi connectivity index (χ1) is 29.0. The van der Waals surface area contributed by atoms with Gasteiger partial charge in [0.25, 0.3) is 0 Å². The average molecular weight is 900 g/mol. The molecule has 20 nitrogen and oxygen atoms in total. The van der Waals surface area contributed by atoms with Crippen LogP contribution in [0.3, 0.4) is 0 Å². The molecule has 0 radical (unpaired) electrons. The molecule has 0 aromatic carbocycles. The number of hydrogen-bond acceptors (Lipinski definition) is 17. The third kappa shape index (κ3) is 9.52. The molecule has 23 heteroatoms. The van der Waals surface area contributed by atoms with E-state index in [1.807, 2.05) is 0 Å². The zero-order valence-corrected chi connectivity index (χ0v) is 36.7. The number of rotatable bonds is 8. The highest BCUT2D eigenvalue weighted by Crippen LogP contribution is 2.53. The number of carbonyl (C=O) groups is 4. The SMILES string of the molecule is CC[C@@]1(F)O[C@@H](N2C=CC(=O)CC2=O)[C@](C)(OC(C)=O)[C@@H]1C.CC[C@@]1(F)O[C@@H](n2ccc(N)nc2=O)[C@](C)(O)[C@@H]1O.CC[C@@]1(F)O[C@@H](n2ccc(N)nc2=O)[C@](C)(OC(C)=O)[C@@H]1C. The molecule has 3 saturated heterocycles. The summed E-state index contributed by atoms with van der Waals surface area (Å²) in [7, 11) is 0. The van der Waals surface area contributed by atoms with Gasteiger partial charge in [-0.1, -0.05) is 34.6 Å². The monoisotopic (exact) mass is 899 g/mol. The van der Waals surface area contributed by atoms with Crippen molar-refractivity contribution in [3.63, 3.8) is 0 Å². The predicted molar refractivity (Wildman–Crippen MR) is 214 cm³/mol. The number of aromatic nitrogens is 4. The number of hydrogen-bond donors (Lipinski definition) is 4. The van der Waals surface area contributed by atoms with E-state index in [-0.39, 0.29) is 43.1 Å². The summed E-state index contributed by atoms with van der Waals surface area (Å²) in [5, 5.41) is 20.0. The molecule has 0 unspecified atom stereocenters. The van der Waals surface area contributed by atoms with Gasteiger partial charge in [0.1, 0.15) is 23.3 Å². The lowest BCUT2D eigenvalue weighted by molar-refractivity contribution is -0.197. The van der Waals surface area contributed by atoms with Gasteiger partial charge in [0.15, 0.2) is 35.7 Å². The molecule has 2 aromatic rings. The van der Waals surface area contributed by atoms with E-state index in [1.54, 1.807) is 34.6 Å². The summed E-state index contributed by atoms with van der Waals surface area (Å²) in [5.41, 5.74) is 4.65. The van der Waals surface area contributed by atoms with Crippen LogP contribution in [0.1, 0.15) is 107 Å². The van der Waals surface area contributed by atoms with Crippen molar-refractivity contribution >= 4 is 35.3 Å². The fourth-order valence-electron chi connectivity index (χ4n) is 7.95. The van der Waals surface area contributed by atoms with Crippen LogP contribution < -0.4 is 22.8 Å². The lowest BCUT2D eigenvalue weighted by Crippen LogP contribution is -2.54. The van der Waals surface area contributed by atoms with Crippen LogP contribution in [0.25, 0.3) is 0 Å². The second-order valence-electron chi connectivity index (χ2n) is 16.3. The van der Waals surface area contributed by atoms with Crippen molar-refractivity contribution in [1.29, 1.82) is 0 Å². The quantitative estimate of drug-likeness (QED) is 0.219. The molecule has 6 N–H and O–H groups in total. The maximum Gasteiger partial charge on any atom is 0.351 e. The van der Waals surface area contributed by atoms with Crippen molar-refractivity contribution < 1.29 is 66.2 Å². The average Bonchev–Trinajstić information content (AvgIpc) is 3.60. The number of carbonyl (C=O) groups excluding carboxylic acids is 4. The maximum atomic E-state index is 15.0. The van der Waals surface area contributed by atoms with E-state index in [2.05, 4.69) is 9.97 Å². The Balaban J connectivity index is 0.000000208. The number of nitrogens with zero attached hydrogens (tertiary/aromatic N) is 5. The van der Waals surface area contributed by atoms with E-state index in [1.165, 1.54) is 71.4 Å². The highest BCUT2D eigenvalue weighted by atomic mass is 19.2. The molecule has 63 heavy (non-hydrogen) atoms. The van der Waals surface area contributed by atoms with Crippen LogP contribution in [0.4, 0.5) is 24.8 Å². The summed E-state index contributed by atoms with van der Waals surface area (Å²) < 4.78 is 72.8. The topological polar surface area (TPSA) is 280 Å². The summed E-state index contributed by atoms with van der Waals surface area (Å²) >= 11 is 0. The molecular formula is C40H56F3N7O13. The molecular weight excluding hydrogens is 843 g/mol. The molecule has 6 rings (SSSR count). The lowest BCUT2D eigenvalue weighted by atomic mass is 9.84. The number of ketones is 1. The van der Waals surface area contributed by atoms with Crippen LogP contribution in [0.5, 0.6) is 0 Å². The van der Waals surface area contributed by atoms with Gasteiger partial charge in [-0.2, -0.15) is 9.97 Å². The molecule has 4 aliphatic heterocycles. The van der Waals surface area contributed by atoms with Gasteiger partial charge >= 0.3 is 23.3 Å². The van der Waals surface area contributed by atoms with Crippen LogP contribution in [-0.2, 0) is 42.9 Å². The van der Waals surface area contributed by atoms with Crippen LogP contribution in [0, 0.1) is 11.8 Å². The van der Waals surface area contributed by atoms with Crippen molar-refractivity contribution in [2.75, 3.05) is 11.5 Å². The number of anilines is 2. The minimum absolute atomic E-state index is 0.00133. The molecule has 0 aliphatic carbocycles. The lowest BCUT2D eigenvalue weighted by Gasteiger charge is -2.37. The van der Waals surface area contributed by atoms with Gasteiger partial charge in [-0.05, 0) is 39.0 Å². The van der Waals surface area contributed by atoms with E-state index in [9.17, 15) is 52.2 Å². The van der Waals surface area contributed by atoms with Crippen LogP contribution in [0.15, 0.2) is 46.4 Å². The van der Waals surface area contributed by atoms with E-state index in [0.717, 1.165) is 14.0 Å². The number of aliphatic hydroxyl groups excluding tert-OH is 1. The standard InChI is InChI=1S/C15H20FNO5.C14H20FN3O4.C11H16FN3O4/c1-5-15(16)9(2)14(4,21-10(3)18)13(22-15)17-7-6-11(19)8-12(17)20;1-5-14(15)8(2)13(4,21-9(3)19)11(22-14)18-7-6-10(16)17-12(18)20;1-3-11(12)7(16)10(2,18)8(19-11)15-5-4-6(13)14-9(15)17/h6-7,9,13H,5,8H2,1-4H3;6-8,11H,5H2,1-4H3,(H2,16,17,20);4-5,7-8,16,18H,3H2,1-2H3,(H2,13,14,17)/t9-,13+,14+,15+;8-,11+,13+,14+;7-,8+,10+,11+/m000/s1. The Morgan fingerprint density at radius 3 is 1.54 bits per heavy atom. The second kappa shape index (κ2) is 18.1. The highest BCUT2D eigenvalue weighted by molar-refractivity contribution is 6.06. The first kappa shape index (κ1) is 50.4. The molecule has 1 amide bonds. The first-order valence-corrected chi connectivity index (χ1v) is 20.1. The highest BCUT2D eigenvalue weighted by Gasteiger charge is 2.65. The molecule has 12 atom stereocenters. The van der Waals surface area contributed by atoms with Gasteiger partial charge in [0, 0.05) is 51.7 Å². The fourth-order valence-corrected chi connectivity index (χ4v) is 7.95. The number of esters is 2. The van der Waals surface area contributed by atoms with Gasteiger partial charge < -0.3 is 45.4 Å². The molecule has 350 valence electrons. The van der Waals surface area contributed by atoms with E-state index in [4.69, 9.17) is 35.2 Å². The molecule has 3 fully saturated rings. The van der Waals surface area contributed by atoms with Crippen molar-refractivity contribution in [3.8, 4) is 0 Å². The van der Waals surface area contributed by atoms with Gasteiger partial charge in [0.05, 0.1) is 18.3 Å². The van der Waals surface area contributed by atoms with Crippen molar-refractivity contribution in [2.45, 2.75) is 154 Å². The van der Waals surface area contributed by atoms with E-state index < -0.39 is 100 Å². The van der Waals surface area contributed by atoms with Crippen molar-refractivity contribution in [1.82, 2.24) is 24.0 Å². The Kier molecular flexibility index (Phi) is 14.5. The van der Waals surface area contributed by atoms with Crippen LogP contribution in [0.2, 0.25) is 0 Å². The number of nitrogens with two attached hydrogens (primary N) is 2. The summed E-state index contributed by atoms with van der Waals surface area (Å²) in [6.07, 6.45) is -0.710. The molecule has 0 bridgehead atoms. The van der Waals surface area contributed by atoms with E-state index in [0.29, 0.717) is 0 Å². The van der Waals surface area contributed by atoms with Crippen molar-refractivity contribution in [2.24, 2.45) is 11.8 Å². The number of alkyl halides is 3. The Morgan fingerprint density at radius 2 is 1.16 bits per heavy atom. The van der Waals surface area contributed by atoms with Gasteiger partial charge in [-0.15, -0.1) is 0 Å². The number of halogens is 3. The summed E-state index contributed by atoms with van der Waals surface area (Å²) in [6, 6.07) is 2.71. The smallest absolute Gasteiger partial charge is 0.351 e. The maximum absolute atomic E-state index is 15.0. The van der Waals surface area contributed by atoms with Crippen LogP contribution >= 0.6 is 0 Å². The zero-order valence-electron chi connectivity index (χ0n) is 36.7. The third-order valence-corrected chi connectivity index (χ3v) is 12.0. The number of allylic oxidation sites excluding steroid dienone is 1. The Labute approximate surface area is 360 Å². The number of amides is 1. The molecule has 0 saturated carbocycles. The largest absolute Gasteiger partial charge is 0.454 e. The minimum Gasteiger partial charge on any atom is -0.454 e.